The third-order valence-corrected chi connectivity index (χ3v) is 3.49. The van der Waals surface area contributed by atoms with E-state index in [1.807, 2.05) is 18.2 Å². The van der Waals surface area contributed by atoms with Crippen LogP contribution in [0.25, 0.3) is 0 Å². The second-order valence-corrected chi connectivity index (χ2v) is 4.83. The number of hydrogen-bond donors (Lipinski definition) is 2. The molecule has 0 bridgehead atoms. The van der Waals surface area contributed by atoms with Gasteiger partial charge in [-0.25, -0.2) is 0 Å². The Labute approximate surface area is 102 Å². The Morgan fingerprint density at radius 1 is 1.41 bits per heavy atom. The van der Waals surface area contributed by atoms with Gasteiger partial charge in [0.2, 0.25) is 5.91 Å². The van der Waals surface area contributed by atoms with E-state index < -0.39 is 0 Å². The molecule has 0 spiro atoms. The van der Waals surface area contributed by atoms with Gasteiger partial charge in [0.1, 0.15) is 0 Å². The zero-order valence-electron chi connectivity index (χ0n) is 10.1. The second kappa shape index (κ2) is 5.82. The molecule has 3 N–H and O–H groups in total. The van der Waals surface area contributed by atoms with Gasteiger partial charge in [-0.3, -0.25) is 4.79 Å². The number of nitrogens with one attached hydrogen (secondary N) is 1. The van der Waals surface area contributed by atoms with E-state index in [1.54, 1.807) is 6.07 Å². The number of benzene rings is 1. The first-order valence-electron chi connectivity index (χ1n) is 6.35. The minimum atomic E-state index is -0.360. The van der Waals surface area contributed by atoms with E-state index in [0.717, 1.165) is 24.6 Å². The molecule has 0 aliphatic heterocycles. The van der Waals surface area contributed by atoms with Crippen molar-refractivity contribution in [3.05, 3.63) is 35.4 Å². The first-order chi connectivity index (χ1) is 8.25. The van der Waals surface area contributed by atoms with Crippen LogP contribution in [-0.4, -0.2) is 12.5 Å². The molecule has 0 heterocycles. The highest BCUT2D eigenvalue weighted by atomic mass is 16.1. The van der Waals surface area contributed by atoms with Crippen LogP contribution in [0.2, 0.25) is 0 Å². The van der Waals surface area contributed by atoms with Crippen LogP contribution in [0.4, 0.5) is 0 Å². The fraction of sp³-hybridized carbons (Fsp3) is 0.500. The van der Waals surface area contributed by atoms with Crippen molar-refractivity contribution in [2.75, 3.05) is 6.54 Å². The highest BCUT2D eigenvalue weighted by Crippen LogP contribution is 2.28. The molecule has 0 aromatic heterocycles. The van der Waals surface area contributed by atoms with Gasteiger partial charge in [-0.05, 0) is 36.6 Å². The van der Waals surface area contributed by atoms with Crippen molar-refractivity contribution >= 4 is 5.91 Å². The summed E-state index contributed by atoms with van der Waals surface area (Å²) in [5.41, 5.74) is 6.95. The summed E-state index contributed by atoms with van der Waals surface area (Å²) in [6, 6.07) is 7.50. The Hall–Kier alpha value is -1.35. The van der Waals surface area contributed by atoms with E-state index >= 15 is 0 Å². The lowest BCUT2D eigenvalue weighted by Crippen LogP contribution is -2.21. The molecule has 1 aliphatic rings. The maximum atomic E-state index is 11.0. The molecule has 3 nitrogen and oxygen atoms in total. The summed E-state index contributed by atoms with van der Waals surface area (Å²) in [5, 5.41) is 3.41. The summed E-state index contributed by atoms with van der Waals surface area (Å²) in [4.78, 5) is 11.0. The van der Waals surface area contributed by atoms with Gasteiger partial charge in [-0.1, -0.05) is 31.4 Å². The van der Waals surface area contributed by atoms with Crippen LogP contribution >= 0.6 is 0 Å². The first kappa shape index (κ1) is 12.1. The summed E-state index contributed by atoms with van der Waals surface area (Å²) < 4.78 is 0. The Balaban J connectivity index is 1.73. The van der Waals surface area contributed by atoms with E-state index in [0.29, 0.717) is 5.56 Å². The van der Waals surface area contributed by atoms with Crippen molar-refractivity contribution in [3.63, 3.8) is 0 Å². The fourth-order valence-electron chi connectivity index (χ4n) is 2.15. The molecule has 1 aliphatic carbocycles. The van der Waals surface area contributed by atoms with Crippen molar-refractivity contribution in [1.82, 2.24) is 5.32 Å². The quantitative estimate of drug-likeness (QED) is 0.738. The number of amides is 1. The van der Waals surface area contributed by atoms with E-state index in [9.17, 15) is 4.79 Å². The molecule has 1 aromatic carbocycles. The predicted molar refractivity (Wildman–Crippen MR) is 68.6 cm³/mol. The summed E-state index contributed by atoms with van der Waals surface area (Å²) in [7, 11) is 0. The number of nitrogens with two attached hydrogens (primary N) is 1. The molecule has 1 saturated carbocycles. The number of primary amides is 1. The van der Waals surface area contributed by atoms with Gasteiger partial charge in [-0.15, -0.1) is 0 Å². The second-order valence-electron chi connectivity index (χ2n) is 4.83. The fourth-order valence-corrected chi connectivity index (χ4v) is 2.15. The van der Waals surface area contributed by atoms with E-state index in [-0.39, 0.29) is 5.91 Å². The molecular weight excluding hydrogens is 212 g/mol. The average molecular weight is 232 g/mol. The van der Waals surface area contributed by atoms with Crippen LogP contribution in [0.1, 0.15) is 41.6 Å². The Kier molecular flexibility index (Phi) is 4.15. The zero-order chi connectivity index (χ0) is 12.1. The van der Waals surface area contributed by atoms with Gasteiger partial charge >= 0.3 is 0 Å². The van der Waals surface area contributed by atoms with Crippen LogP contribution < -0.4 is 11.1 Å². The highest BCUT2D eigenvalue weighted by Gasteiger charge is 2.16. The Morgan fingerprint density at radius 3 is 2.88 bits per heavy atom. The molecule has 0 radical (unpaired) electrons. The van der Waals surface area contributed by atoms with Crippen molar-refractivity contribution in [2.45, 2.75) is 32.2 Å². The van der Waals surface area contributed by atoms with E-state index in [1.165, 1.54) is 25.7 Å². The summed E-state index contributed by atoms with van der Waals surface area (Å²) >= 11 is 0. The van der Waals surface area contributed by atoms with Crippen molar-refractivity contribution in [1.29, 1.82) is 0 Å². The molecule has 0 atom stereocenters. The third kappa shape index (κ3) is 3.56. The lowest BCUT2D eigenvalue weighted by molar-refractivity contribution is 0.1000. The number of carbonyl (C=O) groups is 1. The van der Waals surface area contributed by atoms with Crippen LogP contribution in [0.5, 0.6) is 0 Å². The summed E-state index contributed by atoms with van der Waals surface area (Å²) in [5.74, 6) is 0.584. The maximum absolute atomic E-state index is 11.0. The van der Waals surface area contributed by atoms with Gasteiger partial charge in [0, 0.05) is 12.1 Å². The lowest BCUT2D eigenvalue weighted by Gasteiger charge is -2.25. The SMILES string of the molecule is NC(=O)c1cccc(CNCCC2CCC2)c1. The minimum absolute atomic E-state index is 0.360. The van der Waals surface area contributed by atoms with Gasteiger partial charge in [0.15, 0.2) is 0 Å². The Morgan fingerprint density at radius 2 is 2.24 bits per heavy atom. The third-order valence-electron chi connectivity index (χ3n) is 3.49. The molecule has 92 valence electrons. The Bertz CT molecular complexity index is 386. The van der Waals surface area contributed by atoms with Crippen LogP contribution in [0.3, 0.4) is 0 Å². The zero-order valence-corrected chi connectivity index (χ0v) is 10.1. The highest BCUT2D eigenvalue weighted by molar-refractivity contribution is 5.92. The number of rotatable bonds is 6. The standard InChI is InChI=1S/C14H20N2O/c15-14(17)13-6-2-5-12(9-13)10-16-8-7-11-3-1-4-11/h2,5-6,9,11,16H,1,3-4,7-8,10H2,(H2,15,17). The minimum Gasteiger partial charge on any atom is -0.366 e. The monoisotopic (exact) mass is 232 g/mol. The largest absolute Gasteiger partial charge is 0.366 e. The topological polar surface area (TPSA) is 55.1 Å². The number of carbonyl (C=O) groups excluding carboxylic acids is 1. The van der Waals surface area contributed by atoms with Gasteiger partial charge in [0.25, 0.3) is 0 Å². The molecule has 1 amide bonds. The lowest BCUT2D eigenvalue weighted by atomic mass is 9.83. The van der Waals surface area contributed by atoms with Crippen LogP contribution in [0, 0.1) is 5.92 Å². The smallest absolute Gasteiger partial charge is 0.248 e. The molecule has 3 heteroatoms. The van der Waals surface area contributed by atoms with Crippen LogP contribution in [0.15, 0.2) is 24.3 Å². The molecule has 2 rings (SSSR count). The maximum Gasteiger partial charge on any atom is 0.248 e. The molecular formula is C14H20N2O. The van der Waals surface area contributed by atoms with E-state index in [2.05, 4.69) is 5.32 Å². The van der Waals surface area contributed by atoms with Crippen LogP contribution in [-0.2, 0) is 6.54 Å². The van der Waals surface area contributed by atoms with Gasteiger partial charge in [0.05, 0.1) is 0 Å². The van der Waals surface area contributed by atoms with Crippen molar-refractivity contribution < 1.29 is 4.79 Å². The normalized spacial score (nSPS) is 15.5. The van der Waals surface area contributed by atoms with E-state index in [4.69, 9.17) is 5.73 Å². The van der Waals surface area contributed by atoms with Gasteiger partial charge < -0.3 is 11.1 Å². The summed E-state index contributed by atoms with van der Waals surface area (Å²) in [6.45, 7) is 1.87. The molecule has 1 aromatic rings. The van der Waals surface area contributed by atoms with Gasteiger partial charge in [-0.2, -0.15) is 0 Å². The number of hydrogen-bond acceptors (Lipinski definition) is 2. The molecule has 17 heavy (non-hydrogen) atoms. The molecule has 0 saturated heterocycles. The summed E-state index contributed by atoms with van der Waals surface area (Å²) in [6.07, 6.45) is 5.48. The average Bonchev–Trinajstić information content (AvgIpc) is 2.27. The molecule has 0 unspecified atom stereocenters. The van der Waals surface area contributed by atoms with Crippen molar-refractivity contribution in [2.24, 2.45) is 11.7 Å². The first-order valence-corrected chi connectivity index (χ1v) is 6.35. The predicted octanol–water partition coefficient (Wildman–Crippen LogP) is 2.07. The molecule has 1 fully saturated rings. The van der Waals surface area contributed by atoms with Crippen molar-refractivity contribution in [3.8, 4) is 0 Å².